The largest absolute Gasteiger partial charge is 0.493 e. The third-order valence-electron chi connectivity index (χ3n) is 1.76. The molecule has 74 valence electrons. The molecule has 3 heteroatoms. The molecule has 0 N–H and O–H groups in total. The van der Waals surface area contributed by atoms with E-state index >= 15 is 0 Å². The quantitative estimate of drug-likeness (QED) is 0.406. The minimum atomic E-state index is -0.205. The van der Waals surface area contributed by atoms with Crippen LogP contribution in [0, 0.1) is 0 Å². The molecule has 14 heavy (non-hydrogen) atoms. The number of para-hydroxylation sites is 1. The monoisotopic (exact) mass is 192 g/mol. The Balaban J connectivity index is 2.93. The number of ketones is 1. The second-order valence-corrected chi connectivity index (χ2v) is 2.72. The van der Waals surface area contributed by atoms with Gasteiger partial charge in [-0.2, -0.15) is 0 Å². The first-order valence-electron chi connectivity index (χ1n) is 4.48. The summed E-state index contributed by atoms with van der Waals surface area (Å²) in [7, 11) is 0. The van der Waals surface area contributed by atoms with Gasteiger partial charge in [0.1, 0.15) is 12.0 Å². The lowest BCUT2D eigenvalue weighted by Crippen LogP contribution is -2.04. The molecular weight excluding hydrogens is 180 g/mol. The fraction of sp³-hybridized carbons (Fsp3) is 0.273. The fourth-order valence-electron chi connectivity index (χ4n) is 1.16. The number of rotatable bonds is 5. The van der Waals surface area contributed by atoms with Crippen molar-refractivity contribution < 1.29 is 14.3 Å². The average Bonchev–Trinajstić information content (AvgIpc) is 2.19. The maximum Gasteiger partial charge on any atom is 0.173 e. The summed E-state index contributed by atoms with van der Waals surface area (Å²) in [4.78, 5) is 21.6. The van der Waals surface area contributed by atoms with E-state index in [0.717, 1.165) is 0 Å². The van der Waals surface area contributed by atoms with Crippen molar-refractivity contribution in [1.82, 2.24) is 0 Å². The van der Waals surface area contributed by atoms with Crippen LogP contribution < -0.4 is 4.74 Å². The van der Waals surface area contributed by atoms with Gasteiger partial charge in [-0.05, 0) is 19.1 Å². The number of aldehydes is 1. The van der Waals surface area contributed by atoms with E-state index < -0.39 is 0 Å². The first-order valence-corrected chi connectivity index (χ1v) is 4.48. The van der Waals surface area contributed by atoms with Crippen LogP contribution >= 0.6 is 0 Å². The minimum absolute atomic E-state index is 0.0932. The molecule has 1 rings (SSSR count). The molecule has 0 aliphatic rings. The summed E-state index contributed by atoms with van der Waals surface area (Å²) in [6, 6.07) is 6.93. The van der Waals surface area contributed by atoms with Gasteiger partial charge in [0.15, 0.2) is 5.78 Å². The second kappa shape index (κ2) is 5.17. The topological polar surface area (TPSA) is 43.4 Å². The molecule has 0 bridgehead atoms. The zero-order chi connectivity index (χ0) is 10.4. The van der Waals surface area contributed by atoms with Crippen LogP contribution in [0.5, 0.6) is 5.75 Å². The van der Waals surface area contributed by atoms with E-state index in [4.69, 9.17) is 4.74 Å². The number of carbonyl (C=O) groups is 2. The van der Waals surface area contributed by atoms with E-state index in [1.54, 1.807) is 24.3 Å². The van der Waals surface area contributed by atoms with Crippen LogP contribution in [-0.4, -0.2) is 18.7 Å². The molecule has 0 saturated carbocycles. The van der Waals surface area contributed by atoms with Crippen LogP contribution in [-0.2, 0) is 4.79 Å². The van der Waals surface area contributed by atoms with E-state index in [0.29, 0.717) is 24.2 Å². The van der Waals surface area contributed by atoms with Crippen molar-refractivity contribution in [1.29, 1.82) is 0 Å². The molecule has 3 nitrogen and oxygen atoms in total. The number of Topliss-reactive ketones (excluding diaryl/α,β-unsaturated/α-hetero) is 1. The third kappa shape index (κ3) is 2.42. The van der Waals surface area contributed by atoms with E-state index in [9.17, 15) is 9.59 Å². The molecule has 0 aromatic heterocycles. The zero-order valence-electron chi connectivity index (χ0n) is 8.03. The summed E-state index contributed by atoms with van der Waals surface area (Å²) in [5.74, 6) is 0.339. The maximum absolute atomic E-state index is 11.4. The number of hydrogen-bond donors (Lipinski definition) is 0. The molecule has 0 heterocycles. The van der Waals surface area contributed by atoms with Gasteiger partial charge in [0, 0.05) is 0 Å². The summed E-state index contributed by atoms with van der Waals surface area (Å²) < 4.78 is 5.27. The van der Waals surface area contributed by atoms with E-state index in [-0.39, 0.29) is 12.2 Å². The molecular formula is C11H12O3. The first-order chi connectivity index (χ1) is 6.79. The molecule has 0 fully saturated rings. The summed E-state index contributed by atoms with van der Waals surface area (Å²) in [6.07, 6.45) is 0.509. The highest BCUT2D eigenvalue weighted by atomic mass is 16.5. The molecule has 0 unspecified atom stereocenters. The van der Waals surface area contributed by atoms with Gasteiger partial charge in [0.25, 0.3) is 0 Å². The Morgan fingerprint density at radius 3 is 2.79 bits per heavy atom. The lowest BCUT2D eigenvalue weighted by atomic mass is 10.1. The molecule has 1 aromatic carbocycles. The van der Waals surface area contributed by atoms with Crippen molar-refractivity contribution in [3.8, 4) is 5.75 Å². The van der Waals surface area contributed by atoms with Gasteiger partial charge in [-0.1, -0.05) is 12.1 Å². The fourth-order valence-corrected chi connectivity index (χ4v) is 1.16. The van der Waals surface area contributed by atoms with Crippen molar-refractivity contribution in [3.63, 3.8) is 0 Å². The molecule has 0 radical (unpaired) electrons. The van der Waals surface area contributed by atoms with E-state index in [1.807, 2.05) is 6.92 Å². The Kier molecular flexibility index (Phi) is 3.85. The summed E-state index contributed by atoms with van der Waals surface area (Å²) in [5.41, 5.74) is 0.474. The average molecular weight is 192 g/mol. The number of hydrogen-bond acceptors (Lipinski definition) is 3. The smallest absolute Gasteiger partial charge is 0.173 e. The molecule has 0 aliphatic heterocycles. The molecule has 0 saturated heterocycles. The number of benzene rings is 1. The summed E-state index contributed by atoms with van der Waals surface area (Å²) in [5, 5.41) is 0. The third-order valence-corrected chi connectivity index (χ3v) is 1.76. The number of carbonyl (C=O) groups excluding carboxylic acids is 2. The first kappa shape index (κ1) is 10.4. The zero-order valence-corrected chi connectivity index (χ0v) is 8.03. The molecule has 0 amide bonds. The Bertz CT molecular complexity index is 331. The second-order valence-electron chi connectivity index (χ2n) is 2.72. The van der Waals surface area contributed by atoms with Gasteiger partial charge < -0.3 is 9.53 Å². The predicted molar refractivity (Wildman–Crippen MR) is 52.6 cm³/mol. The van der Waals surface area contributed by atoms with Crippen molar-refractivity contribution in [2.45, 2.75) is 13.3 Å². The highest BCUT2D eigenvalue weighted by molar-refractivity contribution is 6.04. The molecule has 0 spiro atoms. The van der Waals surface area contributed by atoms with Gasteiger partial charge in [-0.25, -0.2) is 0 Å². The Morgan fingerprint density at radius 2 is 2.14 bits per heavy atom. The van der Waals surface area contributed by atoms with Gasteiger partial charge >= 0.3 is 0 Å². The van der Waals surface area contributed by atoms with Crippen LogP contribution in [0.4, 0.5) is 0 Å². The van der Waals surface area contributed by atoms with Gasteiger partial charge in [-0.15, -0.1) is 0 Å². The lowest BCUT2D eigenvalue weighted by Gasteiger charge is -2.07. The van der Waals surface area contributed by atoms with Crippen LogP contribution in [0.3, 0.4) is 0 Å². The number of ether oxygens (including phenoxy) is 1. The van der Waals surface area contributed by atoms with Crippen molar-refractivity contribution in [2.75, 3.05) is 6.61 Å². The van der Waals surface area contributed by atoms with E-state index in [2.05, 4.69) is 0 Å². The normalized spacial score (nSPS) is 9.50. The van der Waals surface area contributed by atoms with Crippen molar-refractivity contribution in [3.05, 3.63) is 29.8 Å². The lowest BCUT2D eigenvalue weighted by molar-refractivity contribution is -0.107. The Hall–Kier alpha value is -1.64. The SMILES string of the molecule is CCOc1ccccc1C(=O)CC=O. The van der Waals surface area contributed by atoms with Crippen LogP contribution in [0.1, 0.15) is 23.7 Å². The maximum atomic E-state index is 11.4. The van der Waals surface area contributed by atoms with Crippen molar-refractivity contribution in [2.24, 2.45) is 0 Å². The Labute approximate surface area is 82.7 Å². The Morgan fingerprint density at radius 1 is 1.43 bits per heavy atom. The predicted octanol–water partition coefficient (Wildman–Crippen LogP) is 1.86. The molecule has 1 aromatic rings. The standard InChI is InChI=1S/C11H12O3/c1-2-14-11-6-4-3-5-9(11)10(13)7-8-12/h3-6,8H,2,7H2,1H3. The van der Waals surface area contributed by atoms with Gasteiger partial charge in [-0.3, -0.25) is 4.79 Å². The highest BCUT2D eigenvalue weighted by Crippen LogP contribution is 2.18. The summed E-state index contributed by atoms with van der Waals surface area (Å²) in [6.45, 7) is 2.35. The van der Waals surface area contributed by atoms with Gasteiger partial charge in [0.05, 0.1) is 18.6 Å². The van der Waals surface area contributed by atoms with Crippen LogP contribution in [0.25, 0.3) is 0 Å². The van der Waals surface area contributed by atoms with Gasteiger partial charge in [0.2, 0.25) is 0 Å². The molecule has 0 atom stereocenters. The minimum Gasteiger partial charge on any atom is -0.493 e. The molecule has 0 aliphatic carbocycles. The highest BCUT2D eigenvalue weighted by Gasteiger charge is 2.10. The van der Waals surface area contributed by atoms with E-state index in [1.165, 1.54) is 0 Å². The van der Waals surface area contributed by atoms with Crippen LogP contribution in [0.15, 0.2) is 24.3 Å². The summed E-state index contributed by atoms with van der Waals surface area (Å²) >= 11 is 0. The van der Waals surface area contributed by atoms with Crippen LogP contribution in [0.2, 0.25) is 0 Å². The van der Waals surface area contributed by atoms with Crippen molar-refractivity contribution >= 4 is 12.1 Å².